The average molecular weight is 623 g/mol. The monoisotopic (exact) mass is 622 g/mol. The third-order valence-electron chi connectivity index (χ3n) is 8.97. The fraction of sp³-hybridized carbons (Fsp3) is 0.395. The average Bonchev–Trinajstić information content (AvgIpc) is 3.47. The highest BCUT2D eigenvalue weighted by atomic mass is 16.5. The molecule has 0 fully saturated rings. The number of amides is 2. The highest BCUT2D eigenvalue weighted by molar-refractivity contribution is 6.00. The summed E-state index contributed by atoms with van der Waals surface area (Å²) < 4.78 is 7.19. The van der Waals surface area contributed by atoms with Crippen molar-refractivity contribution in [2.75, 3.05) is 26.8 Å². The molecule has 5 rings (SSSR count). The van der Waals surface area contributed by atoms with Crippen molar-refractivity contribution < 1.29 is 19.4 Å². The Hall–Kier alpha value is -4.43. The first-order valence-corrected chi connectivity index (χ1v) is 16.4. The number of carbonyl (C=O) groups excluding carboxylic acids is 2. The molecule has 0 aliphatic carbocycles. The fourth-order valence-corrected chi connectivity index (χ4v) is 6.27. The molecule has 3 aromatic carbocycles. The van der Waals surface area contributed by atoms with E-state index in [9.17, 15) is 14.7 Å². The summed E-state index contributed by atoms with van der Waals surface area (Å²) in [6.07, 6.45) is 4.46. The van der Waals surface area contributed by atoms with Gasteiger partial charge in [0.15, 0.2) is 5.69 Å². The molecule has 1 atom stereocenters. The van der Waals surface area contributed by atoms with Gasteiger partial charge in [-0.15, -0.1) is 0 Å². The minimum Gasteiger partial charge on any atom is -0.496 e. The Morgan fingerprint density at radius 1 is 0.935 bits per heavy atom. The van der Waals surface area contributed by atoms with Crippen LogP contribution in [-0.2, 0) is 13.0 Å². The van der Waals surface area contributed by atoms with E-state index in [1.807, 2.05) is 79.4 Å². The maximum absolute atomic E-state index is 14.6. The van der Waals surface area contributed by atoms with Gasteiger partial charge >= 0.3 is 0 Å². The van der Waals surface area contributed by atoms with Gasteiger partial charge in [0.1, 0.15) is 5.75 Å². The molecule has 1 aliphatic heterocycles. The molecule has 0 unspecified atom stereocenters. The number of nitrogens with zero attached hydrogens (tertiary/aromatic N) is 4. The van der Waals surface area contributed by atoms with Crippen LogP contribution < -0.4 is 4.74 Å². The van der Waals surface area contributed by atoms with Gasteiger partial charge in [0.25, 0.3) is 11.8 Å². The number of aromatic nitrogens is 2. The number of rotatable bonds is 12. The maximum atomic E-state index is 14.6. The lowest BCUT2D eigenvalue weighted by molar-refractivity contribution is 0.0544. The lowest BCUT2D eigenvalue weighted by Gasteiger charge is -2.36. The summed E-state index contributed by atoms with van der Waals surface area (Å²) >= 11 is 0. The lowest BCUT2D eigenvalue weighted by Crippen LogP contribution is -2.46. The summed E-state index contributed by atoms with van der Waals surface area (Å²) in [4.78, 5) is 31.9. The van der Waals surface area contributed by atoms with E-state index in [2.05, 4.69) is 19.9 Å². The molecular weight excluding hydrogens is 576 g/mol. The van der Waals surface area contributed by atoms with Crippen molar-refractivity contribution in [2.24, 2.45) is 0 Å². The van der Waals surface area contributed by atoms with E-state index in [-0.39, 0.29) is 24.5 Å². The largest absolute Gasteiger partial charge is 0.496 e. The molecule has 0 saturated heterocycles. The lowest BCUT2D eigenvalue weighted by atomic mass is 9.93. The molecule has 0 saturated carbocycles. The fourth-order valence-electron chi connectivity index (χ4n) is 6.27. The van der Waals surface area contributed by atoms with Gasteiger partial charge in [-0.1, -0.05) is 63.1 Å². The Morgan fingerprint density at radius 2 is 1.61 bits per heavy atom. The Bertz CT molecular complexity index is 1690. The molecule has 8 heteroatoms. The van der Waals surface area contributed by atoms with Gasteiger partial charge in [-0.2, -0.15) is 5.10 Å². The Labute approximate surface area is 272 Å². The Kier molecular flexibility index (Phi) is 10.6. The van der Waals surface area contributed by atoms with Crippen molar-refractivity contribution >= 4 is 11.8 Å². The van der Waals surface area contributed by atoms with Crippen LogP contribution in [0.5, 0.6) is 5.75 Å². The number of aliphatic hydroxyl groups excluding tert-OH is 1. The predicted octanol–water partition coefficient (Wildman–Crippen LogP) is 6.77. The van der Waals surface area contributed by atoms with E-state index < -0.39 is 0 Å². The van der Waals surface area contributed by atoms with E-state index >= 15 is 0 Å². The zero-order chi connectivity index (χ0) is 32.8. The first kappa shape index (κ1) is 32.9. The SMILES string of the molecule is CCCCN(CCCC)C(=O)c1cc(C)n(-c2ccc(-c3ccc(OC)c(C)c3)cc2C(=O)N2Cc3ccccc3C[C@H]2CO)n1. The number of ether oxygens (including phenoxy) is 1. The third kappa shape index (κ3) is 6.87. The molecule has 0 bridgehead atoms. The summed E-state index contributed by atoms with van der Waals surface area (Å²) in [5, 5.41) is 15.2. The van der Waals surface area contributed by atoms with Crippen molar-refractivity contribution in [3.63, 3.8) is 0 Å². The predicted molar refractivity (Wildman–Crippen MR) is 182 cm³/mol. The van der Waals surface area contributed by atoms with E-state index in [0.29, 0.717) is 43.0 Å². The molecule has 46 heavy (non-hydrogen) atoms. The van der Waals surface area contributed by atoms with E-state index in [0.717, 1.165) is 64.9 Å². The second kappa shape index (κ2) is 14.8. The minimum atomic E-state index is -0.358. The molecule has 0 radical (unpaired) electrons. The molecule has 8 nitrogen and oxygen atoms in total. The second-order valence-electron chi connectivity index (χ2n) is 12.2. The topological polar surface area (TPSA) is 87.9 Å². The standard InChI is InChI=1S/C38H46N4O4/c1-6-8-18-40(19-9-7-2)38(45)34-21-27(4)42(39-34)35-16-14-30(29-15-17-36(46-5)26(3)20-29)23-33(35)37(44)41-24-31-13-11-10-12-28(31)22-32(41)25-43/h10-17,20-21,23,32,43H,6-9,18-19,22,24-25H2,1-5H3/t32-/m0/s1. The van der Waals surface area contributed by atoms with Gasteiger partial charge in [-0.05, 0) is 91.3 Å². The number of aryl methyl sites for hydroxylation is 2. The number of hydrogen-bond donors (Lipinski definition) is 1. The van der Waals surface area contributed by atoms with E-state index in [4.69, 9.17) is 9.84 Å². The molecule has 1 aliphatic rings. The molecule has 4 aromatic rings. The zero-order valence-electron chi connectivity index (χ0n) is 27.8. The van der Waals surface area contributed by atoms with Gasteiger partial charge in [0.2, 0.25) is 0 Å². The number of benzene rings is 3. The smallest absolute Gasteiger partial charge is 0.274 e. The molecule has 1 aromatic heterocycles. The van der Waals surface area contributed by atoms with Crippen molar-refractivity contribution in [1.29, 1.82) is 0 Å². The number of aliphatic hydroxyl groups is 1. The second-order valence-corrected chi connectivity index (χ2v) is 12.2. The molecule has 242 valence electrons. The Morgan fingerprint density at radius 3 is 2.26 bits per heavy atom. The van der Waals surface area contributed by atoms with Crippen LogP contribution in [0.15, 0.2) is 66.7 Å². The van der Waals surface area contributed by atoms with Crippen molar-refractivity contribution in [3.05, 3.63) is 100 Å². The van der Waals surface area contributed by atoms with Crippen LogP contribution in [-0.4, -0.2) is 69.3 Å². The van der Waals surface area contributed by atoms with Crippen LogP contribution in [0.3, 0.4) is 0 Å². The highest BCUT2D eigenvalue weighted by Gasteiger charge is 2.32. The van der Waals surface area contributed by atoms with Crippen LogP contribution >= 0.6 is 0 Å². The number of fused-ring (bicyclic) bond motifs is 1. The van der Waals surface area contributed by atoms with E-state index in [1.54, 1.807) is 16.7 Å². The van der Waals surface area contributed by atoms with Crippen molar-refractivity contribution in [1.82, 2.24) is 19.6 Å². The number of carbonyl (C=O) groups is 2. The highest BCUT2D eigenvalue weighted by Crippen LogP contribution is 2.32. The quantitative estimate of drug-likeness (QED) is 0.189. The van der Waals surface area contributed by atoms with Gasteiger partial charge in [-0.25, -0.2) is 4.68 Å². The summed E-state index contributed by atoms with van der Waals surface area (Å²) in [6, 6.07) is 21.3. The molecular formula is C38H46N4O4. The summed E-state index contributed by atoms with van der Waals surface area (Å²) in [5.74, 6) is 0.520. The van der Waals surface area contributed by atoms with Crippen LogP contribution in [0.25, 0.3) is 16.8 Å². The van der Waals surface area contributed by atoms with Crippen molar-refractivity contribution in [2.45, 2.75) is 72.4 Å². The number of unbranched alkanes of at least 4 members (excludes halogenated alkanes) is 2. The number of methoxy groups -OCH3 is 1. The summed E-state index contributed by atoms with van der Waals surface area (Å²) in [5.41, 5.74) is 7.24. The normalized spacial score (nSPS) is 14.2. The minimum absolute atomic E-state index is 0.0880. The first-order valence-electron chi connectivity index (χ1n) is 16.4. The summed E-state index contributed by atoms with van der Waals surface area (Å²) in [7, 11) is 1.65. The third-order valence-corrected chi connectivity index (χ3v) is 8.97. The molecule has 2 amide bonds. The van der Waals surface area contributed by atoms with Crippen LogP contribution in [0.2, 0.25) is 0 Å². The van der Waals surface area contributed by atoms with Gasteiger partial charge < -0.3 is 19.6 Å². The molecule has 2 heterocycles. The van der Waals surface area contributed by atoms with Crippen LogP contribution in [0.1, 0.15) is 82.8 Å². The summed E-state index contributed by atoms with van der Waals surface area (Å²) in [6.45, 7) is 9.80. The van der Waals surface area contributed by atoms with E-state index in [1.165, 1.54) is 0 Å². The van der Waals surface area contributed by atoms with Gasteiger partial charge in [0.05, 0.1) is 31.0 Å². The maximum Gasteiger partial charge on any atom is 0.274 e. The first-order chi connectivity index (χ1) is 22.3. The zero-order valence-corrected chi connectivity index (χ0v) is 27.8. The van der Waals surface area contributed by atoms with Gasteiger partial charge in [-0.3, -0.25) is 9.59 Å². The molecule has 0 spiro atoms. The van der Waals surface area contributed by atoms with Gasteiger partial charge in [0, 0.05) is 25.3 Å². The number of hydrogen-bond acceptors (Lipinski definition) is 5. The van der Waals surface area contributed by atoms with Crippen LogP contribution in [0, 0.1) is 13.8 Å². The molecule has 1 N–H and O–H groups in total. The Balaban J connectivity index is 1.59. The van der Waals surface area contributed by atoms with Crippen LogP contribution in [0.4, 0.5) is 0 Å². The van der Waals surface area contributed by atoms with Crippen molar-refractivity contribution in [3.8, 4) is 22.6 Å².